The molecule has 5 nitrogen and oxygen atoms in total. The predicted molar refractivity (Wildman–Crippen MR) is 91.7 cm³/mol. The van der Waals surface area contributed by atoms with Gasteiger partial charge in [-0.1, -0.05) is 18.2 Å². The molecule has 7 heteroatoms. The number of halogens is 2. The smallest absolute Gasteiger partial charge is 0.226 e. The second kappa shape index (κ2) is 7.23. The lowest BCUT2D eigenvalue weighted by Gasteiger charge is -2.06. The molecule has 3 aromatic rings. The number of carbonyl (C=O) groups excluding carboxylic acids is 1. The molecule has 0 atom stereocenters. The largest absolute Gasteiger partial charge is 0.396 e. The summed E-state index contributed by atoms with van der Waals surface area (Å²) in [5.41, 5.74) is 1.84. The van der Waals surface area contributed by atoms with Crippen molar-refractivity contribution >= 4 is 34.6 Å². The van der Waals surface area contributed by atoms with Crippen LogP contribution in [0.3, 0.4) is 0 Å². The van der Waals surface area contributed by atoms with E-state index in [4.69, 9.17) is 5.11 Å². The Hall–Kier alpha value is -3.06. The third-order valence-electron chi connectivity index (χ3n) is 3.60. The minimum atomic E-state index is -0.600. The van der Waals surface area contributed by atoms with Crippen LogP contribution in [0.25, 0.3) is 23.1 Å². The molecule has 2 aromatic carbocycles. The van der Waals surface area contributed by atoms with Crippen molar-refractivity contribution in [2.45, 2.75) is 6.42 Å². The number of nitrogens with zero attached hydrogens (tertiary/aromatic N) is 1. The van der Waals surface area contributed by atoms with Gasteiger partial charge in [0.05, 0.1) is 29.9 Å². The highest BCUT2D eigenvalue weighted by Gasteiger charge is 2.11. The van der Waals surface area contributed by atoms with Crippen molar-refractivity contribution in [2.75, 3.05) is 11.9 Å². The average molecular weight is 343 g/mol. The molecule has 0 aliphatic carbocycles. The van der Waals surface area contributed by atoms with Crippen LogP contribution < -0.4 is 5.32 Å². The van der Waals surface area contributed by atoms with Crippen molar-refractivity contribution in [3.05, 3.63) is 59.3 Å². The number of carbonyl (C=O) groups is 1. The predicted octanol–water partition coefficient (Wildman–Crippen LogP) is 3.33. The molecule has 3 N–H and O–H groups in total. The standard InChI is InChI=1S/C18H15F2N3O2/c19-12-4-1-11(2-5-12)3-6-15-13-9-17(21-18(25)7-8-24)14(20)10-16(13)23-22-15/h1-6,9-10,24H,7-8H2,(H,21,25)(H,22,23). The molecular formula is C18H15F2N3O2. The lowest BCUT2D eigenvalue weighted by molar-refractivity contribution is -0.116. The number of nitrogens with one attached hydrogen (secondary N) is 2. The van der Waals surface area contributed by atoms with Crippen LogP contribution in [0, 0.1) is 11.6 Å². The first-order valence-electron chi connectivity index (χ1n) is 7.59. The first kappa shape index (κ1) is 16.8. The third-order valence-corrected chi connectivity index (χ3v) is 3.60. The number of aliphatic hydroxyl groups is 1. The summed E-state index contributed by atoms with van der Waals surface area (Å²) in [6.45, 7) is -0.312. The Balaban J connectivity index is 1.91. The maximum absolute atomic E-state index is 14.0. The van der Waals surface area contributed by atoms with Crippen molar-refractivity contribution in [1.29, 1.82) is 0 Å². The van der Waals surface area contributed by atoms with Gasteiger partial charge in [-0.3, -0.25) is 9.89 Å². The number of aromatic nitrogens is 2. The molecule has 0 bridgehead atoms. The van der Waals surface area contributed by atoms with E-state index in [1.807, 2.05) is 0 Å². The van der Waals surface area contributed by atoms with E-state index >= 15 is 0 Å². The number of rotatable bonds is 5. The zero-order valence-electron chi connectivity index (χ0n) is 13.1. The molecular weight excluding hydrogens is 328 g/mol. The van der Waals surface area contributed by atoms with Gasteiger partial charge in [0.15, 0.2) is 0 Å². The molecule has 0 spiro atoms. The number of H-pyrrole nitrogens is 1. The van der Waals surface area contributed by atoms with Crippen LogP contribution in [0.2, 0.25) is 0 Å². The fourth-order valence-electron chi connectivity index (χ4n) is 2.34. The van der Waals surface area contributed by atoms with E-state index in [0.29, 0.717) is 16.6 Å². The summed E-state index contributed by atoms with van der Waals surface area (Å²) in [4.78, 5) is 11.6. The zero-order valence-corrected chi connectivity index (χ0v) is 13.1. The number of fused-ring (bicyclic) bond motifs is 1. The maximum atomic E-state index is 14.0. The van der Waals surface area contributed by atoms with Crippen molar-refractivity contribution in [3.8, 4) is 0 Å². The summed E-state index contributed by atoms with van der Waals surface area (Å²) in [6.07, 6.45) is 3.35. The van der Waals surface area contributed by atoms with E-state index in [0.717, 1.165) is 5.56 Å². The van der Waals surface area contributed by atoms with Crippen molar-refractivity contribution in [2.24, 2.45) is 0 Å². The van der Waals surface area contributed by atoms with Gasteiger partial charge in [0.2, 0.25) is 5.91 Å². The van der Waals surface area contributed by atoms with Crippen molar-refractivity contribution < 1.29 is 18.7 Å². The summed E-state index contributed by atoms with van der Waals surface area (Å²) in [7, 11) is 0. The first-order valence-corrected chi connectivity index (χ1v) is 7.59. The number of aromatic amines is 1. The Kier molecular flexibility index (Phi) is 4.85. The van der Waals surface area contributed by atoms with Crippen LogP contribution in [0.15, 0.2) is 36.4 Å². The number of aliphatic hydroxyl groups excluding tert-OH is 1. The van der Waals surface area contributed by atoms with Crippen LogP contribution in [0.5, 0.6) is 0 Å². The second-order valence-electron chi connectivity index (χ2n) is 5.39. The maximum Gasteiger partial charge on any atom is 0.226 e. The minimum Gasteiger partial charge on any atom is -0.396 e. The van der Waals surface area contributed by atoms with Crippen molar-refractivity contribution in [1.82, 2.24) is 10.2 Å². The number of anilines is 1. The van der Waals surface area contributed by atoms with Gasteiger partial charge in [0.1, 0.15) is 11.6 Å². The SMILES string of the molecule is O=C(CCO)Nc1cc2c(C=Cc3ccc(F)cc3)n[nH]c2cc1F. The van der Waals surface area contributed by atoms with Gasteiger partial charge in [-0.2, -0.15) is 5.10 Å². The topological polar surface area (TPSA) is 78.0 Å². The van der Waals surface area contributed by atoms with Gasteiger partial charge >= 0.3 is 0 Å². The molecule has 25 heavy (non-hydrogen) atoms. The molecule has 0 saturated carbocycles. The van der Waals surface area contributed by atoms with E-state index in [2.05, 4.69) is 15.5 Å². The van der Waals surface area contributed by atoms with Crippen LogP contribution in [-0.2, 0) is 4.79 Å². The molecule has 128 valence electrons. The normalized spacial score (nSPS) is 11.3. The molecule has 0 aliphatic rings. The molecule has 1 heterocycles. The lowest BCUT2D eigenvalue weighted by Crippen LogP contribution is -2.13. The number of hydrogen-bond acceptors (Lipinski definition) is 3. The summed E-state index contributed by atoms with van der Waals surface area (Å²) < 4.78 is 27.0. The Morgan fingerprint density at radius 1 is 1.20 bits per heavy atom. The fraction of sp³-hybridized carbons (Fsp3) is 0.111. The second-order valence-corrected chi connectivity index (χ2v) is 5.39. The highest BCUT2D eigenvalue weighted by molar-refractivity contribution is 5.96. The van der Waals surface area contributed by atoms with E-state index in [-0.39, 0.29) is 24.5 Å². The summed E-state index contributed by atoms with van der Waals surface area (Å²) in [5, 5.41) is 18.6. The molecule has 0 saturated heterocycles. The number of benzene rings is 2. The van der Waals surface area contributed by atoms with Gasteiger partial charge in [-0.05, 0) is 29.8 Å². The quantitative estimate of drug-likeness (QED) is 0.665. The highest BCUT2D eigenvalue weighted by atomic mass is 19.1. The number of amides is 1. The van der Waals surface area contributed by atoms with Gasteiger partial charge < -0.3 is 10.4 Å². The summed E-state index contributed by atoms with van der Waals surface area (Å²) in [5.74, 6) is -1.40. The Labute approximate surface area is 142 Å². The molecule has 0 unspecified atom stereocenters. The third kappa shape index (κ3) is 3.89. The molecule has 1 aromatic heterocycles. The van der Waals surface area contributed by atoms with E-state index in [1.54, 1.807) is 24.3 Å². The summed E-state index contributed by atoms with van der Waals surface area (Å²) in [6, 6.07) is 8.68. The van der Waals surface area contributed by atoms with Gasteiger partial charge in [0, 0.05) is 11.5 Å². The van der Waals surface area contributed by atoms with Gasteiger partial charge in [0.25, 0.3) is 0 Å². The van der Waals surface area contributed by atoms with Gasteiger partial charge in [-0.25, -0.2) is 8.78 Å². The monoisotopic (exact) mass is 343 g/mol. The molecule has 0 radical (unpaired) electrons. The first-order chi connectivity index (χ1) is 12.1. The van der Waals surface area contributed by atoms with E-state index in [1.165, 1.54) is 24.3 Å². The van der Waals surface area contributed by atoms with Crippen LogP contribution in [0.1, 0.15) is 17.7 Å². The summed E-state index contributed by atoms with van der Waals surface area (Å²) >= 11 is 0. The highest BCUT2D eigenvalue weighted by Crippen LogP contribution is 2.25. The zero-order chi connectivity index (χ0) is 17.8. The van der Waals surface area contributed by atoms with E-state index < -0.39 is 11.7 Å². The molecule has 0 fully saturated rings. The molecule has 0 aliphatic heterocycles. The minimum absolute atomic E-state index is 0.0174. The lowest BCUT2D eigenvalue weighted by atomic mass is 10.1. The molecule has 1 amide bonds. The average Bonchev–Trinajstić information content (AvgIpc) is 2.97. The van der Waals surface area contributed by atoms with Crippen LogP contribution >= 0.6 is 0 Å². The Bertz CT molecular complexity index is 933. The molecule has 3 rings (SSSR count). The van der Waals surface area contributed by atoms with Crippen LogP contribution in [-0.4, -0.2) is 27.8 Å². The fourth-order valence-corrected chi connectivity index (χ4v) is 2.34. The Morgan fingerprint density at radius 2 is 1.96 bits per heavy atom. The number of hydrogen-bond donors (Lipinski definition) is 3. The van der Waals surface area contributed by atoms with Crippen molar-refractivity contribution in [3.63, 3.8) is 0 Å². The van der Waals surface area contributed by atoms with E-state index in [9.17, 15) is 13.6 Å². The Morgan fingerprint density at radius 3 is 2.68 bits per heavy atom. The van der Waals surface area contributed by atoms with Gasteiger partial charge in [-0.15, -0.1) is 0 Å². The van der Waals surface area contributed by atoms with Crippen LogP contribution in [0.4, 0.5) is 14.5 Å².